The Hall–Kier alpha value is -1.03. The second kappa shape index (κ2) is 4.33. The number of amides is 1. The summed E-state index contributed by atoms with van der Waals surface area (Å²) in [7, 11) is 0. The van der Waals surface area contributed by atoms with Crippen molar-refractivity contribution in [3.8, 4) is 0 Å². The summed E-state index contributed by atoms with van der Waals surface area (Å²) in [6.45, 7) is 0. The van der Waals surface area contributed by atoms with Crippen LogP contribution in [0.5, 0.6) is 0 Å². The van der Waals surface area contributed by atoms with E-state index in [1.807, 2.05) is 0 Å². The lowest BCUT2D eigenvalue weighted by Crippen LogP contribution is -2.28. The van der Waals surface area contributed by atoms with E-state index in [9.17, 15) is 4.79 Å². The van der Waals surface area contributed by atoms with E-state index in [-0.39, 0.29) is 5.91 Å². The van der Waals surface area contributed by atoms with E-state index in [1.54, 1.807) is 11.3 Å². The van der Waals surface area contributed by atoms with Crippen molar-refractivity contribution in [1.29, 1.82) is 0 Å². The fourth-order valence-electron chi connectivity index (χ4n) is 2.67. The fourth-order valence-corrected chi connectivity index (χ4v) is 4.04. The Labute approximate surface area is 105 Å². The van der Waals surface area contributed by atoms with Crippen LogP contribution < -0.4 is 11.1 Å². The van der Waals surface area contributed by atoms with Gasteiger partial charge in [0.15, 0.2) is 0 Å². The van der Waals surface area contributed by atoms with Crippen molar-refractivity contribution in [2.75, 3.05) is 5.32 Å². The van der Waals surface area contributed by atoms with E-state index < -0.39 is 0 Å². The maximum absolute atomic E-state index is 11.6. The monoisotopic (exact) mass is 250 g/mol. The van der Waals surface area contributed by atoms with Gasteiger partial charge in [0, 0.05) is 10.9 Å². The molecule has 3 N–H and O–H groups in total. The molecule has 4 heteroatoms. The van der Waals surface area contributed by atoms with Gasteiger partial charge in [-0.05, 0) is 50.5 Å². The molecule has 0 aromatic carbocycles. The highest BCUT2D eigenvalue weighted by Gasteiger charge is 2.26. The first-order chi connectivity index (χ1) is 8.25. The number of nitrogens with one attached hydrogen (secondary N) is 1. The van der Waals surface area contributed by atoms with Gasteiger partial charge in [0.25, 0.3) is 5.91 Å². The second-order valence-corrected chi connectivity index (χ2v) is 6.16. The zero-order valence-electron chi connectivity index (χ0n) is 9.92. The number of fused-ring (bicyclic) bond motifs is 1. The number of hydrogen-bond acceptors (Lipinski definition) is 3. The first kappa shape index (κ1) is 11.1. The molecule has 0 unspecified atom stereocenters. The molecule has 1 heterocycles. The topological polar surface area (TPSA) is 55.1 Å². The van der Waals surface area contributed by atoms with Crippen LogP contribution in [0.4, 0.5) is 5.00 Å². The van der Waals surface area contributed by atoms with Gasteiger partial charge < -0.3 is 11.1 Å². The Morgan fingerprint density at radius 1 is 1.24 bits per heavy atom. The van der Waals surface area contributed by atoms with Gasteiger partial charge in [-0.3, -0.25) is 4.79 Å². The first-order valence-electron chi connectivity index (χ1n) is 6.46. The van der Waals surface area contributed by atoms with Crippen molar-refractivity contribution in [2.24, 2.45) is 5.73 Å². The van der Waals surface area contributed by atoms with Crippen molar-refractivity contribution in [3.05, 3.63) is 16.0 Å². The summed E-state index contributed by atoms with van der Waals surface area (Å²) in [6, 6.07) is 0.563. The number of primary amides is 1. The van der Waals surface area contributed by atoms with Crippen LogP contribution in [0.1, 0.15) is 52.9 Å². The van der Waals surface area contributed by atoms with Crippen molar-refractivity contribution >= 4 is 22.2 Å². The molecule has 1 amide bonds. The number of rotatable bonds is 3. The Morgan fingerprint density at radius 2 is 2.00 bits per heavy atom. The van der Waals surface area contributed by atoms with Crippen LogP contribution in [0.3, 0.4) is 0 Å². The summed E-state index contributed by atoms with van der Waals surface area (Å²) in [5.41, 5.74) is 7.57. The smallest absolute Gasteiger partial charge is 0.251 e. The molecule has 0 spiro atoms. The highest BCUT2D eigenvalue weighted by molar-refractivity contribution is 7.16. The van der Waals surface area contributed by atoms with Crippen LogP contribution in [0.15, 0.2) is 0 Å². The maximum atomic E-state index is 11.6. The highest BCUT2D eigenvalue weighted by atomic mass is 32.1. The van der Waals surface area contributed by atoms with Crippen molar-refractivity contribution in [1.82, 2.24) is 0 Å². The molecule has 17 heavy (non-hydrogen) atoms. The van der Waals surface area contributed by atoms with E-state index in [4.69, 9.17) is 5.73 Å². The molecule has 3 rings (SSSR count). The van der Waals surface area contributed by atoms with Crippen LogP contribution in [0.2, 0.25) is 0 Å². The van der Waals surface area contributed by atoms with Crippen molar-refractivity contribution in [2.45, 2.75) is 51.0 Å². The lowest BCUT2D eigenvalue weighted by Gasteiger charge is -2.27. The largest absolute Gasteiger partial charge is 0.374 e. The SMILES string of the molecule is NC(=O)c1c(NC2CCC2)sc2c1CCCC2. The third-order valence-electron chi connectivity index (χ3n) is 3.86. The zero-order valence-corrected chi connectivity index (χ0v) is 10.7. The van der Waals surface area contributed by atoms with E-state index in [1.165, 1.54) is 42.5 Å². The van der Waals surface area contributed by atoms with Crippen LogP contribution in [-0.2, 0) is 12.8 Å². The van der Waals surface area contributed by atoms with Gasteiger partial charge in [0.05, 0.1) is 5.56 Å². The highest BCUT2D eigenvalue weighted by Crippen LogP contribution is 2.39. The summed E-state index contributed by atoms with van der Waals surface area (Å²) in [5, 5.41) is 4.54. The van der Waals surface area contributed by atoms with E-state index >= 15 is 0 Å². The molecule has 2 aliphatic carbocycles. The van der Waals surface area contributed by atoms with E-state index in [0.717, 1.165) is 23.4 Å². The number of carbonyl (C=O) groups excluding carboxylic acids is 1. The minimum atomic E-state index is -0.258. The second-order valence-electron chi connectivity index (χ2n) is 5.05. The van der Waals surface area contributed by atoms with Crippen LogP contribution in [0.25, 0.3) is 0 Å². The lowest BCUT2D eigenvalue weighted by molar-refractivity contribution is 0.100. The molecule has 0 bridgehead atoms. The van der Waals surface area contributed by atoms with Gasteiger partial charge in [-0.25, -0.2) is 0 Å². The Bertz CT molecular complexity index is 449. The normalized spacial score (nSPS) is 19.5. The molecule has 1 saturated carbocycles. The number of thiophene rings is 1. The van der Waals surface area contributed by atoms with E-state index in [0.29, 0.717) is 6.04 Å². The Kier molecular flexibility index (Phi) is 2.82. The Balaban J connectivity index is 1.94. The molecular weight excluding hydrogens is 232 g/mol. The molecule has 1 fully saturated rings. The molecule has 92 valence electrons. The summed E-state index contributed by atoms with van der Waals surface area (Å²) in [6.07, 6.45) is 8.32. The number of hydrogen-bond donors (Lipinski definition) is 2. The molecule has 0 atom stereocenters. The first-order valence-corrected chi connectivity index (χ1v) is 7.28. The standard InChI is InChI=1S/C13H18N2OS/c14-12(16)11-9-6-1-2-7-10(9)17-13(11)15-8-4-3-5-8/h8,15H,1-7H2,(H2,14,16). The molecule has 0 radical (unpaired) electrons. The maximum Gasteiger partial charge on any atom is 0.251 e. The van der Waals surface area contributed by atoms with Gasteiger partial charge in [-0.1, -0.05) is 0 Å². The number of aryl methyl sites for hydroxylation is 1. The van der Waals surface area contributed by atoms with Crippen LogP contribution >= 0.6 is 11.3 Å². The molecule has 1 aromatic heterocycles. The molecule has 3 nitrogen and oxygen atoms in total. The lowest BCUT2D eigenvalue weighted by atomic mass is 9.92. The minimum Gasteiger partial charge on any atom is -0.374 e. The molecule has 0 aliphatic heterocycles. The number of nitrogens with two attached hydrogens (primary N) is 1. The minimum absolute atomic E-state index is 0.258. The van der Waals surface area contributed by atoms with Gasteiger partial charge >= 0.3 is 0 Å². The van der Waals surface area contributed by atoms with E-state index in [2.05, 4.69) is 5.32 Å². The number of anilines is 1. The summed E-state index contributed by atoms with van der Waals surface area (Å²) < 4.78 is 0. The van der Waals surface area contributed by atoms with Gasteiger partial charge in [0.2, 0.25) is 0 Å². The van der Waals surface area contributed by atoms with Gasteiger partial charge in [0.1, 0.15) is 5.00 Å². The third-order valence-corrected chi connectivity index (χ3v) is 5.08. The average molecular weight is 250 g/mol. The predicted molar refractivity (Wildman–Crippen MR) is 70.7 cm³/mol. The molecule has 0 saturated heterocycles. The van der Waals surface area contributed by atoms with Crippen LogP contribution in [0, 0.1) is 0 Å². The van der Waals surface area contributed by atoms with Gasteiger partial charge in [-0.15, -0.1) is 11.3 Å². The summed E-state index contributed by atoms with van der Waals surface area (Å²) >= 11 is 1.76. The summed E-state index contributed by atoms with van der Waals surface area (Å²) in [5.74, 6) is -0.258. The van der Waals surface area contributed by atoms with Crippen LogP contribution in [-0.4, -0.2) is 11.9 Å². The quantitative estimate of drug-likeness (QED) is 0.866. The van der Waals surface area contributed by atoms with Crippen molar-refractivity contribution in [3.63, 3.8) is 0 Å². The summed E-state index contributed by atoms with van der Waals surface area (Å²) in [4.78, 5) is 13.0. The average Bonchev–Trinajstić information content (AvgIpc) is 2.61. The van der Waals surface area contributed by atoms with Gasteiger partial charge in [-0.2, -0.15) is 0 Å². The number of carbonyl (C=O) groups is 1. The molecule has 1 aromatic rings. The Morgan fingerprint density at radius 3 is 2.65 bits per heavy atom. The van der Waals surface area contributed by atoms with Crippen molar-refractivity contribution < 1.29 is 4.79 Å². The fraction of sp³-hybridized carbons (Fsp3) is 0.615. The molecule has 2 aliphatic rings. The predicted octanol–water partition coefficient (Wildman–Crippen LogP) is 2.69. The third kappa shape index (κ3) is 1.95. The zero-order chi connectivity index (χ0) is 11.8. The molecular formula is C13H18N2OS.